The van der Waals surface area contributed by atoms with Gasteiger partial charge in [-0.1, -0.05) is 35.4 Å². The molecule has 0 aliphatic rings. The zero-order valence-corrected chi connectivity index (χ0v) is 32.6. The first-order valence-electron chi connectivity index (χ1n) is 16.2. The number of carbonyl (C=O) groups is 2. The Kier molecular flexibility index (Phi) is 15.8. The first kappa shape index (κ1) is 43.2. The van der Waals surface area contributed by atoms with Crippen molar-refractivity contribution < 1.29 is 55.3 Å². The van der Waals surface area contributed by atoms with E-state index in [1.165, 1.54) is 26.8 Å². The fourth-order valence-corrected chi connectivity index (χ4v) is 6.55. The molecule has 4 aromatic carbocycles. The Hall–Kier alpha value is -5.20. The molecule has 0 saturated heterocycles. The number of rotatable bonds is 16. The Balaban J connectivity index is 0.000000290. The minimum Gasteiger partial charge on any atom is -0.467 e. The summed E-state index contributed by atoms with van der Waals surface area (Å²) in [5, 5.41) is 8.75. The fourth-order valence-electron chi connectivity index (χ4n) is 4.72. The van der Waals surface area contributed by atoms with E-state index in [0.717, 1.165) is 32.2 Å². The zero-order valence-electron chi connectivity index (χ0n) is 31.0. The van der Waals surface area contributed by atoms with Gasteiger partial charge in [-0.05, 0) is 86.6 Å². The molecule has 0 bridgehead atoms. The van der Waals surface area contributed by atoms with Gasteiger partial charge in [0.15, 0.2) is 12.2 Å². The Morgan fingerprint density at radius 2 is 0.907 bits per heavy atom. The molecule has 4 aromatic rings. The predicted molar refractivity (Wildman–Crippen MR) is 203 cm³/mol. The summed E-state index contributed by atoms with van der Waals surface area (Å²) >= 11 is 0. The Morgan fingerprint density at radius 1 is 0.593 bits per heavy atom. The first-order valence-corrected chi connectivity index (χ1v) is 19.9. The Labute approximate surface area is 316 Å². The fraction of sp³-hybridized carbons (Fsp3) is 0.297. The molecule has 15 nitrogen and oxygen atoms in total. The predicted octanol–water partition coefficient (Wildman–Crippen LogP) is 4.82. The van der Waals surface area contributed by atoms with Crippen LogP contribution in [0.3, 0.4) is 0 Å². The van der Waals surface area contributed by atoms with Gasteiger partial charge in [0.2, 0.25) is 20.0 Å². The van der Waals surface area contributed by atoms with Crippen LogP contribution in [0.4, 0.5) is 11.4 Å². The molecule has 1 amide bonds. The van der Waals surface area contributed by atoms with E-state index < -0.39 is 44.1 Å². The second kappa shape index (κ2) is 19.8. The number of nitrogens with one attached hydrogen (secondary N) is 1. The molecule has 0 heterocycles. The van der Waals surface area contributed by atoms with Gasteiger partial charge in [-0.2, -0.15) is 0 Å². The second-order valence-electron chi connectivity index (χ2n) is 11.9. The number of esters is 1. The van der Waals surface area contributed by atoms with Gasteiger partial charge in [-0.15, -0.1) is 0 Å². The third-order valence-electron chi connectivity index (χ3n) is 7.66. The Bertz CT molecular complexity index is 1880. The van der Waals surface area contributed by atoms with Gasteiger partial charge in [0, 0.05) is 14.2 Å². The molecule has 292 valence electrons. The number of nitrogens with zero attached hydrogens (tertiary/aromatic N) is 2. The van der Waals surface area contributed by atoms with E-state index in [-0.39, 0.29) is 13.1 Å². The second-order valence-corrected chi connectivity index (χ2v) is 15.7. The van der Waals surface area contributed by atoms with Crippen molar-refractivity contribution in [2.24, 2.45) is 0 Å². The summed E-state index contributed by atoms with van der Waals surface area (Å²) < 4.78 is 76.9. The monoisotopic (exact) mass is 787 g/mol. The van der Waals surface area contributed by atoms with Gasteiger partial charge in [0.05, 0.1) is 44.1 Å². The number of hydrogen-bond donors (Lipinski definition) is 2. The number of anilines is 2. The molecule has 2 atom stereocenters. The lowest BCUT2D eigenvalue weighted by Gasteiger charge is -2.26. The zero-order chi connectivity index (χ0) is 40.1. The number of sulfonamides is 2. The molecule has 0 aliphatic carbocycles. The standard InChI is InChI=1S/C19H23NO6S.C18H22N2O6S/c1-14-5-9-16(10-6-14)26-17-11-7-15(8-12-17)20(27(4,22)23)13-18(24-2)19(21)25-3;1-13-4-8-15(9-5-13)26-16-10-6-14(7-11-16)20(27(3,23)24)12-17(25-2)18(21)19-22/h5-12,18H,13H2,1-4H3;4-11,17,22H,12H2,1-3H3,(H,19,21)/t18-;17-/m00/s1. The lowest BCUT2D eigenvalue weighted by Crippen LogP contribution is -2.45. The average molecular weight is 788 g/mol. The van der Waals surface area contributed by atoms with Crippen LogP contribution in [0.25, 0.3) is 0 Å². The lowest BCUT2D eigenvalue weighted by atomic mass is 10.2. The van der Waals surface area contributed by atoms with Gasteiger partial charge >= 0.3 is 5.97 Å². The molecule has 17 heteroatoms. The van der Waals surface area contributed by atoms with Crippen molar-refractivity contribution in [1.29, 1.82) is 0 Å². The van der Waals surface area contributed by atoms with Crippen LogP contribution < -0.4 is 23.6 Å². The average Bonchev–Trinajstić information content (AvgIpc) is 3.14. The van der Waals surface area contributed by atoms with Crippen LogP contribution in [-0.2, 0) is 43.8 Å². The molecule has 2 N–H and O–H groups in total. The van der Waals surface area contributed by atoms with Crippen molar-refractivity contribution in [2.45, 2.75) is 26.1 Å². The topological polar surface area (TPSA) is 187 Å². The van der Waals surface area contributed by atoms with E-state index in [4.69, 9.17) is 24.2 Å². The van der Waals surface area contributed by atoms with Crippen LogP contribution in [-0.4, -0.2) is 93.1 Å². The van der Waals surface area contributed by atoms with Crippen molar-refractivity contribution in [3.8, 4) is 23.0 Å². The highest BCUT2D eigenvalue weighted by atomic mass is 32.2. The number of hydrogen-bond acceptors (Lipinski definition) is 12. The largest absolute Gasteiger partial charge is 0.467 e. The minimum atomic E-state index is -3.69. The number of hydroxylamine groups is 1. The number of aryl methyl sites for hydroxylation is 2. The highest BCUT2D eigenvalue weighted by Crippen LogP contribution is 2.28. The maximum Gasteiger partial charge on any atom is 0.336 e. The van der Waals surface area contributed by atoms with E-state index in [0.29, 0.717) is 34.4 Å². The van der Waals surface area contributed by atoms with Gasteiger partial charge < -0.3 is 23.7 Å². The van der Waals surface area contributed by atoms with Crippen LogP contribution in [0.15, 0.2) is 97.1 Å². The number of methoxy groups -OCH3 is 3. The molecule has 0 unspecified atom stereocenters. The Morgan fingerprint density at radius 3 is 1.19 bits per heavy atom. The smallest absolute Gasteiger partial charge is 0.336 e. The van der Waals surface area contributed by atoms with E-state index in [9.17, 15) is 26.4 Å². The van der Waals surface area contributed by atoms with Gasteiger partial charge in [-0.3, -0.25) is 18.6 Å². The maximum absolute atomic E-state index is 12.2. The van der Waals surface area contributed by atoms with Gasteiger partial charge in [0.1, 0.15) is 23.0 Å². The van der Waals surface area contributed by atoms with E-state index in [2.05, 4.69) is 4.74 Å². The van der Waals surface area contributed by atoms with Crippen LogP contribution in [0.1, 0.15) is 11.1 Å². The summed E-state index contributed by atoms with van der Waals surface area (Å²) in [6.45, 7) is 3.47. The van der Waals surface area contributed by atoms with E-state index in [1.54, 1.807) is 48.5 Å². The van der Waals surface area contributed by atoms with Gasteiger partial charge in [-0.25, -0.2) is 27.1 Å². The van der Waals surface area contributed by atoms with E-state index >= 15 is 0 Å². The molecule has 0 saturated carbocycles. The summed E-state index contributed by atoms with van der Waals surface area (Å²) in [4.78, 5) is 23.3. The highest BCUT2D eigenvalue weighted by Gasteiger charge is 2.28. The molecule has 0 aliphatic heterocycles. The molecule has 0 fully saturated rings. The summed E-state index contributed by atoms with van der Waals surface area (Å²) in [6.07, 6.45) is -0.123. The molecular weight excluding hydrogens is 743 g/mol. The number of ether oxygens (including phenoxy) is 5. The molecule has 54 heavy (non-hydrogen) atoms. The van der Waals surface area contributed by atoms with Crippen molar-refractivity contribution in [3.63, 3.8) is 0 Å². The third-order valence-corrected chi connectivity index (χ3v) is 9.98. The number of amides is 1. The quantitative estimate of drug-likeness (QED) is 0.0898. The van der Waals surface area contributed by atoms with Crippen molar-refractivity contribution in [2.75, 3.05) is 55.5 Å². The van der Waals surface area contributed by atoms with Gasteiger partial charge in [0.25, 0.3) is 5.91 Å². The summed E-state index contributed by atoms with van der Waals surface area (Å²) in [7, 11) is -3.54. The summed E-state index contributed by atoms with van der Waals surface area (Å²) in [5.74, 6) is 0.946. The maximum atomic E-state index is 12.2. The highest BCUT2D eigenvalue weighted by molar-refractivity contribution is 7.92. The van der Waals surface area contributed by atoms with Crippen molar-refractivity contribution >= 4 is 43.3 Å². The molecule has 0 radical (unpaired) electrons. The normalized spacial score (nSPS) is 12.3. The SMILES string of the molecule is COC(=O)[C@H](CN(c1ccc(Oc2ccc(C)cc2)cc1)S(C)(=O)=O)OC.CO[C@@H](CN(c1ccc(Oc2ccc(C)cc2)cc1)S(C)(=O)=O)C(=O)NO. The van der Waals surface area contributed by atoms with Crippen molar-refractivity contribution in [3.05, 3.63) is 108 Å². The van der Waals surface area contributed by atoms with Crippen LogP contribution in [0.5, 0.6) is 23.0 Å². The third kappa shape index (κ3) is 13.0. The van der Waals surface area contributed by atoms with E-state index in [1.807, 2.05) is 62.4 Å². The minimum absolute atomic E-state index is 0.194. The molecule has 4 rings (SSSR count). The van der Waals surface area contributed by atoms with Crippen LogP contribution in [0.2, 0.25) is 0 Å². The summed E-state index contributed by atoms with van der Waals surface area (Å²) in [5.41, 5.74) is 4.42. The number of benzene rings is 4. The first-order chi connectivity index (χ1) is 25.5. The molecule has 0 aromatic heterocycles. The number of carbonyl (C=O) groups excluding carboxylic acids is 2. The summed E-state index contributed by atoms with van der Waals surface area (Å²) in [6, 6.07) is 28.0. The molecule has 0 spiro atoms. The van der Waals surface area contributed by atoms with Crippen LogP contribution in [0, 0.1) is 13.8 Å². The molecular formula is C37H45N3O12S2. The van der Waals surface area contributed by atoms with Crippen molar-refractivity contribution in [1.82, 2.24) is 5.48 Å². The van der Waals surface area contributed by atoms with Crippen LogP contribution >= 0.6 is 0 Å². The lowest BCUT2D eigenvalue weighted by molar-refractivity contribution is -0.151.